The summed E-state index contributed by atoms with van der Waals surface area (Å²) in [6, 6.07) is 21.0. The van der Waals surface area contributed by atoms with Gasteiger partial charge < -0.3 is 9.64 Å². The average molecular weight is 426 g/mol. The number of amides is 1. The van der Waals surface area contributed by atoms with Crippen molar-refractivity contribution in [1.82, 2.24) is 14.3 Å². The van der Waals surface area contributed by atoms with Crippen LogP contribution < -0.4 is 4.74 Å². The molecule has 162 valence electrons. The molecule has 0 aliphatic carbocycles. The molecule has 0 spiro atoms. The smallest absolute Gasteiger partial charge is 0.222 e. The van der Waals surface area contributed by atoms with Gasteiger partial charge in [0.05, 0.1) is 17.9 Å². The van der Waals surface area contributed by atoms with Gasteiger partial charge in [0.15, 0.2) is 0 Å². The van der Waals surface area contributed by atoms with Crippen LogP contribution in [0.2, 0.25) is 0 Å². The minimum Gasteiger partial charge on any atom is -0.491 e. The Morgan fingerprint density at radius 1 is 1.03 bits per heavy atom. The quantitative estimate of drug-likeness (QED) is 0.442. The first-order valence-electron chi connectivity index (χ1n) is 11.3. The van der Waals surface area contributed by atoms with Crippen LogP contribution in [-0.2, 0) is 17.8 Å². The molecule has 0 fully saturated rings. The predicted octanol–water partition coefficient (Wildman–Crippen LogP) is 5.36. The van der Waals surface area contributed by atoms with Crippen molar-refractivity contribution in [2.24, 2.45) is 0 Å². The Bertz CT molecular complexity index is 1270. The molecular formula is C27H27N3O2. The number of carbonyl (C=O) groups is 1. The average Bonchev–Trinajstić information content (AvgIpc) is 3.16. The highest BCUT2D eigenvalue weighted by molar-refractivity contribution is 5.76. The molecule has 2 aromatic carbocycles. The molecule has 1 amide bonds. The lowest BCUT2D eigenvalue weighted by atomic mass is 10.1. The molecule has 5 heteroatoms. The molecule has 1 aliphatic heterocycles. The van der Waals surface area contributed by atoms with Crippen LogP contribution in [0.5, 0.6) is 5.75 Å². The Labute approximate surface area is 188 Å². The van der Waals surface area contributed by atoms with E-state index < -0.39 is 0 Å². The lowest BCUT2D eigenvalue weighted by Gasteiger charge is -2.19. The van der Waals surface area contributed by atoms with Gasteiger partial charge in [-0.2, -0.15) is 0 Å². The Hall–Kier alpha value is -3.60. The first-order chi connectivity index (χ1) is 15.7. The lowest BCUT2D eigenvalue weighted by molar-refractivity contribution is -0.131. The number of aromatic nitrogens is 2. The van der Waals surface area contributed by atoms with E-state index in [-0.39, 0.29) is 5.91 Å². The molecule has 32 heavy (non-hydrogen) atoms. The van der Waals surface area contributed by atoms with Crippen LogP contribution in [0.15, 0.2) is 66.9 Å². The van der Waals surface area contributed by atoms with Crippen LogP contribution in [0, 0.1) is 0 Å². The van der Waals surface area contributed by atoms with Crippen LogP contribution in [-0.4, -0.2) is 33.3 Å². The number of rotatable bonds is 4. The first-order valence-corrected chi connectivity index (χ1v) is 11.3. The van der Waals surface area contributed by atoms with E-state index in [9.17, 15) is 4.79 Å². The molecular weight excluding hydrogens is 398 g/mol. The van der Waals surface area contributed by atoms with Gasteiger partial charge in [0.1, 0.15) is 18.0 Å². The molecule has 1 aliphatic rings. The van der Waals surface area contributed by atoms with E-state index in [1.165, 1.54) is 5.56 Å². The molecule has 0 atom stereocenters. The Kier molecular flexibility index (Phi) is 5.39. The second kappa shape index (κ2) is 8.50. The van der Waals surface area contributed by atoms with Crippen molar-refractivity contribution in [1.29, 1.82) is 0 Å². The van der Waals surface area contributed by atoms with Gasteiger partial charge in [-0.1, -0.05) is 44.2 Å². The molecule has 3 heterocycles. The second-order valence-electron chi connectivity index (χ2n) is 8.16. The maximum Gasteiger partial charge on any atom is 0.222 e. The normalized spacial score (nSPS) is 13.5. The number of aryl methyl sites for hydroxylation is 1. The van der Waals surface area contributed by atoms with E-state index in [0.29, 0.717) is 26.1 Å². The van der Waals surface area contributed by atoms with Gasteiger partial charge in [0.2, 0.25) is 5.91 Å². The van der Waals surface area contributed by atoms with E-state index in [2.05, 4.69) is 60.0 Å². The van der Waals surface area contributed by atoms with Crippen molar-refractivity contribution in [3.63, 3.8) is 0 Å². The van der Waals surface area contributed by atoms with Gasteiger partial charge >= 0.3 is 0 Å². The highest BCUT2D eigenvalue weighted by Gasteiger charge is 2.19. The van der Waals surface area contributed by atoms with Crippen molar-refractivity contribution in [3.05, 3.63) is 78.0 Å². The number of pyridine rings is 1. The van der Waals surface area contributed by atoms with Crippen LogP contribution in [0.25, 0.3) is 28.2 Å². The summed E-state index contributed by atoms with van der Waals surface area (Å²) < 4.78 is 8.06. The lowest BCUT2D eigenvalue weighted by Crippen LogP contribution is -2.31. The van der Waals surface area contributed by atoms with Crippen LogP contribution >= 0.6 is 0 Å². The number of imidazole rings is 1. The molecule has 2 aromatic heterocycles. The fourth-order valence-corrected chi connectivity index (χ4v) is 4.29. The predicted molar refractivity (Wildman–Crippen MR) is 127 cm³/mol. The third-order valence-electron chi connectivity index (χ3n) is 6.14. The van der Waals surface area contributed by atoms with E-state index in [1.807, 2.05) is 30.0 Å². The number of benzene rings is 2. The second-order valence-corrected chi connectivity index (χ2v) is 8.16. The SMILES string of the molecule is CCC(=O)N1CCOc2ccc(-c3cccc4nc(-c5ccc(CC)cc5)cn34)cc2C1. The summed E-state index contributed by atoms with van der Waals surface area (Å²) in [5.41, 5.74) is 7.47. The number of hydrogen-bond donors (Lipinski definition) is 0. The number of carbonyl (C=O) groups excluding carboxylic acids is 1. The molecule has 0 bridgehead atoms. The minimum absolute atomic E-state index is 0.155. The zero-order valence-corrected chi connectivity index (χ0v) is 18.5. The van der Waals surface area contributed by atoms with E-state index >= 15 is 0 Å². The zero-order valence-electron chi connectivity index (χ0n) is 18.5. The molecule has 5 nitrogen and oxygen atoms in total. The fraction of sp³-hybridized carbons (Fsp3) is 0.259. The van der Waals surface area contributed by atoms with Gasteiger partial charge in [-0.25, -0.2) is 4.98 Å². The van der Waals surface area contributed by atoms with Gasteiger partial charge in [-0.15, -0.1) is 0 Å². The summed E-state index contributed by atoms with van der Waals surface area (Å²) in [4.78, 5) is 19.0. The van der Waals surface area contributed by atoms with Crippen LogP contribution in [0.1, 0.15) is 31.4 Å². The minimum atomic E-state index is 0.155. The summed E-state index contributed by atoms with van der Waals surface area (Å²) in [5.74, 6) is 1.01. The van der Waals surface area contributed by atoms with Crippen molar-refractivity contribution >= 4 is 11.6 Å². The van der Waals surface area contributed by atoms with Gasteiger partial charge in [-0.05, 0) is 47.9 Å². The number of hydrogen-bond acceptors (Lipinski definition) is 3. The first kappa shape index (κ1) is 20.3. The highest BCUT2D eigenvalue weighted by atomic mass is 16.5. The van der Waals surface area contributed by atoms with E-state index in [1.54, 1.807) is 0 Å². The molecule has 0 radical (unpaired) electrons. The van der Waals surface area contributed by atoms with Gasteiger partial charge in [0, 0.05) is 30.3 Å². The van der Waals surface area contributed by atoms with Crippen LogP contribution in [0.4, 0.5) is 0 Å². The van der Waals surface area contributed by atoms with Crippen molar-refractivity contribution in [3.8, 4) is 28.3 Å². The third kappa shape index (κ3) is 3.75. The Balaban J connectivity index is 1.54. The summed E-state index contributed by atoms with van der Waals surface area (Å²) in [7, 11) is 0. The van der Waals surface area contributed by atoms with Gasteiger partial charge in [-0.3, -0.25) is 9.20 Å². The Morgan fingerprint density at radius 2 is 1.84 bits per heavy atom. The van der Waals surface area contributed by atoms with E-state index in [0.717, 1.165) is 45.9 Å². The van der Waals surface area contributed by atoms with Crippen LogP contribution in [0.3, 0.4) is 0 Å². The summed E-state index contributed by atoms with van der Waals surface area (Å²) in [5, 5.41) is 0. The zero-order chi connectivity index (χ0) is 22.1. The molecule has 0 saturated carbocycles. The summed E-state index contributed by atoms with van der Waals surface area (Å²) in [6.45, 7) is 5.78. The number of ether oxygens (including phenoxy) is 1. The highest BCUT2D eigenvalue weighted by Crippen LogP contribution is 2.31. The number of nitrogens with zero attached hydrogens (tertiary/aromatic N) is 3. The number of fused-ring (bicyclic) bond motifs is 2. The standard InChI is InChI=1S/C27H27N3O2/c1-3-19-8-10-20(11-9-19)23-18-30-24(6-5-7-26(30)28-23)21-12-13-25-22(16-21)17-29(14-15-32-25)27(31)4-2/h5-13,16,18H,3-4,14-15,17H2,1-2H3. The molecule has 0 N–H and O–H groups in total. The molecule has 0 unspecified atom stereocenters. The fourth-order valence-electron chi connectivity index (χ4n) is 4.29. The third-order valence-corrected chi connectivity index (χ3v) is 6.14. The molecule has 5 rings (SSSR count). The summed E-state index contributed by atoms with van der Waals surface area (Å²) in [6.07, 6.45) is 3.63. The van der Waals surface area contributed by atoms with Crippen molar-refractivity contribution in [2.75, 3.05) is 13.2 Å². The monoisotopic (exact) mass is 425 g/mol. The Morgan fingerprint density at radius 3 is 2.62 bits per heavy atom. The molecule has 0 saturated heterocycles. The molecule has 4 aromatic rings. The topological polar surface area (TPSA) is 46.8 Å². The van der Waals surface area contributed by atoms with Crippen molar-refractivity contribution in [2.45, 2.75) is 33.2 Å². The van der Waals surface area contributed by atoms with E-state index in [4.69, 9.17) is 9.72 Å². The van der Waals surface area contributed by atoms with Gasteiger partial charge in [0.25, 0.3) is 0 Å². The summed E-state index contributed by atoms with van der Waals surface area (Å²) >= 11 is 0. The van der Waals surface area contributed by atoms with Crippen molar-refractivity contribution < 1.29 is 9.53 Å². The maximum atomic E-state index is 12.3. The largest absolute Gasteiger partial charge is 0.491 e. The maximum absolute atomic E-state index is 12.3.